The lowest BCUT2D eigenvalue weighted by atomic mass is 10.1. The van der Waals surface area contributed by atoms with Crippen LogP contribution in [0, 0.1) is 0 Å². The Labute approximate surface area is 164 Å². The molecule has 14 heteroatoms. The summed E-state index contributed by atoms with van der Waals surface area (Å²) in [5, 5.41) is 32.5. The summed E-state index contributed by atoms with van der Waals surface area (Å²) in [5.41, 5.74) is 1.49. The molecule has 0 aliphatic carbocycles. The molecule has 1 aliphatic rings. The van der Waals surface area contributed by atoms with Crippen molar-refractivity contribution in [2.24, 2.45) is 0 Å². The Morgan fingerprint density at radius 2 is 2.10 bits per heavy atom. The molecule has 6 N–H and O–H groups in total. The number of nitrogens with zero attached hydrogens (tertiary/aromatic N) is 4. The molecule has 4 unspecified atom stereocenters. The fourth-order valence-electron chi connectivity index (χ4n) is 2.82. The van der Waals surface area contributed by atoms with Crippen molar-refractivity contribution in [2.45, 2.75) is 31.5 Å². The Hall–Kier alpha value is -1.96. The van der Waals surface area contributed by atoms with E-state index < -0.39 is 39.0 Å². The summed E-state index contributed by atoms with van der Waals surface area (Å²) < 4.78 is 22.2. The number of hydrogen-bond donors (Lipinski definition) is 6. The molecule has 160 valence electrons. The van der Waals surface area contributed by atoms with Gasteiger partial charge in [-0.2, -0.15) is 0 Å². The maximum Gasteiger partial charge on any atom is 0.469 e. The molecule has 2 aromatic heterocycles. The van der Waals surface area contributed by atoms with Gasteiger partial charge >= 0.3 is 7.82 Å². The monoisotopic (exact) mass is 431 g/mol. The molecule has 13 nitrogen and oxygen atoms in total. The molecular formula is C15H22N5O8P. The van der Waals surface area contributed by atoms with Gasteiger partial charge < -0.3 is 35.2 Å². The van der Waals surface area contributed by atoms with Crippen molar-refractivity contribution in [3.63, 3.8) is 0 Å². The number of phosphoric acid groups is 1. The average molecular weight is 431 g/mol. The first-order chi connectivity index (χ1) is 13.7. The van der Waals surface area contributed by atoms with Crippen LogP contribution < -0.4 is 5.32 Å². The number of phosphoric ester groups is 1. The molecule has 0 aromatic carbocycles. The van der Waals surface area contributed by atoms with Crippen molar-refractivity contribution in [3.05, 3.63) is 24.3 Å². The van der Waals surface area contributed by atoms with E-state index in [1.54, 1.807) is 13.0 Å². The number of fused-ring (bicyclic) bond motifs is 1. The third-order valence-corrected chi connectivity index (χ3v) is 4.83. The van der Waals surface area contributed by atoms with Gasteiger partial charge in [-0.25, -0.2) is 19.5 Å². The molecule has 0 saturated carbocycles. The van der Waals surface area contributed by atoms with Crippen LogP contribution in [0.2, 0.25) is 0 Å². The number of anilines is 1. The molecule has 0 radical (unpaired) electrons. The molecule has 1 saturated heterocycles. The van der Waals surface area contributed by atoms with Gasteiger partial charge in [-0.15, -0.1) is 0 Å². The normalized spacial score (nSPS) is 25.7. The summed E-state index contributed by atoms with van der Waals surface area (Å²) in [6, 6.07) is 0. The van der Waals surface area contributed by atoms with Gasteiger partial charge in [0.2, 0.25) is 0 Å². The average Bonchev–Trinajstić information content (AvgIpc) is 3.22. The fourth-order valence-corrected chi connectivity index (χ4v) is 3.16. The minimum absolute atomic E-state index is 0.0539. The van der Waals surface area contributed by atoms with Crippen molar-refractivity contribution < 1.29 is 38.9 Å². The molecule has 3 rings (SSSR count). The van der Waals surface area contributed by atoms with Gasteiger partial charge in [0, 0.05) is 6.54 Å². The van der Waals surface area contributed by atoms with Crippen LogP contribution in [0.3, 0.4) is 0 Å². The van der Waals surface area contributed by atoms with Crippen molar-refractivity contribution >= 4 is 24.8 Å². The number of ether oxygens (including phenoxy) is 1. The summed E-state index contributed by atoms with van der Waals surface area (Å²) >= 11 is 0. The lowest BCUT2D eigenvalue weighted by molar-refractivity contribution is -0.0504. The highest BCUT2D eigenvalue weighted by Gasteiger charge is 2.45. The van der Waals surface area contributed by atoms with E-state index in [1.807, 2.05) is 0 Å². The molecule has 0 bridgehead atoms. The number of hydrogen-bond acceptors (Lipinski definition) is 10. The first kappa shape index (κ1) is 21.7. The summed E-state index contributed by atoms with van der Waals surface area (Å²) in [6.45, 7) is 1.52. The second-order valence-electron chi connectivity index (χ2n) is 6.47. The van der Waals surface area contributed by atoms with Crippen LogP contribution in [0.4, 0.5) is 5.82 Å². The molecule has 3 heterocycles. The van der Waals surface area contributed by atoms with Crippen LogP contribution >= 0.6 is 7.82 Å². The predicted octanol–water partition coefficient (Wildman–Crippen LogP) is -1.09. The van der Waals surface area contributed by atoms with Gasteiger partial charge in [0.1, 0.15) is 24.6 Å². The van der Waals surface area contributed by atoms with Crippen LogP contribution in [0.5, 0.6) is 0 Å². The zero-order valence-corrected chi connectivity index (χ0v) is 16.3. The summed E-state index contributed by atoms with van der Waals surface area (Å²) in [5.74, 6) is 0.421. The Bertz CT molecular complexity index is 931. The minimum Gasteiger partial charge on any atom is -0.392 e. The predicted molar refractivity (Wildman–Crippen MR) is 98.6 cm³/mol. The zero-order chi connectivity index (χ0) is 21.2. The molecule has 0 spiro atoms. The second kappa shape index (κ2) is 8.81. The van der Waals surface area contributed by atoms with E-state index in [4.69, 9.17) is 19.6 Å². The number of imidazole rings is 1. The van der Waals surface area contributed by atoms with E-state index in [2.05, 4.69) is 24.8 Å². The van der Waals surface area contributed by atoms with Crippen molar-refractivity contribution in [2.75, 3.05) is 25.1 Å². The third kappa shape index (κ3) is 4.97. The smallest absolute Gasteiger partial charge is 0.392 e. The van der Waals surface area contributed by atoms with E-state index in [1.165, 1.54) is 17.2 Å². The van der Waals surface area contributed by atoms with E-state index in [0.29, 0.717) is 23.5 Å². The maximum absolute atomic E-state index is 10.9. The zero-order valence-electron chi connectivity index (χ0n) is 15.4. The Balaban J connectivity index is 1.80. The van der Waals surface area contributed by atoms with Crippen LogP contribution in [0.25, 0.3) is 11.2 Å². The van der Waals surface area contributed by atoms with Crippen molar-refractivity contribution in [1.29, 1.82) is 0 Å². The summed E-state index contributed by atoms with van der Waals surface area (Å²) in [4.78, 5) is 30.1. The second-order valence-corrected chi connectivity index (χ2v) is 7.71. The van der Waals surface area contributed by atoms with Gasteiger partial charge in [-0.1, -0.05) is 11.6 Å². The summed E-state index contributed by atoms with van der Waals surface area (Å²) in [7, 11) is -4.75. The summed E-state index contributed by atoms with van der Waals surface area (Å²) in [6.07, 6.45) is -0.666. The number of aliphatic hydroxyl groups excluding tert-OH is 3. The molecule has 29 heavy (non-hydrogen) atoms. The standard InChI is InChI=1S/C15H22N5O8P/c1-8(4-21)2-3-16-13-10-14(18-6-17-13)20(7-19-10)15-12(23)11(22)9(28-15)5-27-29(24,25)26/h2,6-7,9,11-12,15,21-23H,3-5H2,1H3,(H,16,17,18)(H2,24,25,26). The highest BCUT2D eigenvalue weighted by atomic mass is 31.2. The lowest BCUT2D eigenvalue weighted by Crippen LogP contribution is -2.33. The first-order valence-corrected chi connectivity index (χ1v) is 10.1. The van der Waals surface area contributed by atoms with Crippen LogP contribution in [0.1, 0.15) is 13.2 Å². The van der Waals surface area contributed by atoms with Gasteiger partial charge in [0.05, 0.1) is 19.5 Å². The van der Waals surface area contributed by atoms with Crippen LogP contribution in [-0.2, 0) is 13.8 Å². The SMILES string of the molecule is CC(=CCNc1ncnc2c1ncn2C1OC(COP(=O)(O)O)C(O)C1O)CO. The minimum atomic E-state index is -4.75. The van der Waals surface area contributed by atoms with E-state index >= 15 is 0 Å². The third-order valence-electron chi connectivity index (χ3n) is 4.35. The quantitative estimate of drug-likeness (QED) is 0.219. The van der Waals surface area contributed by atoms with Gasteiger partial charge in [0.25, 0.3) is 0 Å². The first-order valence-electron chi connectivity index (χ1n) is 8.61. The number of aliphatic hydroxyl groups is 3. The largest absolute Gasteiger partial charge is 0.469 e. The Morgan fingerprint density at radius 3 is 2.79 bits per heavy atom. The molecule has 0 amide bonds. The van der Waals surface area contributed by atoms with Gasteiger partial charge in [-0.3, -0.25) is 9.09 Å². The number of nitrogens with one attached hydrogen (secondary N) is 1. The van der Waals surface area contributed by atoms with Gasteiger partial charge in [-0.05, 0) is 6.92 Å². The van der Waals surface area contributed by atoms with Crippen LogP contribution in [-0.4, -0.2) is 82.7 Å². The number of rotatable bonds is 8. The highest BCUT2D eigenvalue weighted by Crippen LogP contribution is 2.38. The maximum atomic E-state index is 10.9. The van der Waals surface area contributed by atoms with Crippen LogP contribution in [0.15, 0.2) is 24.3 Å². The molecule has 2 aromatic rings. The van der Waals surface area contributed by atoms with E-state index in [-0.39, 0.29) is 6.61 Å². The topological polar surface area (TPSA) is 192 Å². The Morgan fingerprint density at radius 1 is 1.34 bits per heavy atom. The molecular weight excluding hydrogens is 409 g/mol. The van der Waals surface area contributed by atoms with Gasteiger partial charge in [0.15, 0.2) is 23.2 Å². The highest BCUT2D eigenvalue weighted by molar-refractivity contribution is 7.46. The van der Waals surface area contributed by atoms with E-state index in [0.717, 1.165) is 5.57 Å². The van der Waals surface area contributed by atoms with Crippen molar-refractivity contribution in [1.82, 2.24) is 19.5 Å². The van der Waals surface area contributed by atoms with E-state index in [9.17, 15) is 14.8 Å². The lowest BCUT2D eigenvalue weighted by Gasteiger charge is -2.16. The van der Waals surface area contributed by atoms with Crippen molar-refractivity contribution in [3.8, 4) is 0 Å². The molecule has 4 atom stereocenters. The fraction of sp³-hybridized carbons (Fsp3) is 0.533. The molecule has 1 fully saturated rings. The Kier molecular flexibility index (Phi) is 6.61. The molecule has 1 aliphatic heterocycles. The number of aromatic nitrogens is 4.